The van der Waals surface area contributed by atoms with E-state index in [-0.39, 0.29) is 11.8 Å². The summed E-state index contributed by atoms with van der Waals surface area (Å²) in [7, 11) is 2.01. The van der Waals surface area contributed by atoms with E-state index in [1.165, 1.54) is 11.3 Å². The van der Waals surface area contributed by atoms with Gasteiger partial charge in [-0.3, -0.25) is 4.90 Å². The molecule has 2 bridgehead atoms. The van der Waals surface area contributed by atoms with Gasteiger partial charge >= 0.3 is 0 Å². The lowest BCUT2D eigenvalue weighted by Crippen LogP contribution is -2.59. The highest BCUT2D eigenvalue weighted by Gasteiger charge is 2.45. The van der Waals surface area contributed by atoms with E-state index in [1.54, 1.807) is 16.8 Å². The van der Waals surface area contributed by atoms with Crippen LogP contribution in [0.2, 0.25) is 0 Å². The third-order valence-electron chi connectivity index (χ3n) is 6.22. The fourth-order valence-corrected chi connectivity index (χ4v) is 5.35. The molecule has 3 aromatic rings. The van der Waals surface area contributed by atoms with Gasteiger partial charge in [-0.05, 0) is 45.0 Å². The van der Waals surface area contributed by atoms with Crippen molar-refractivity contribution in [1.82, 2.24) is 24.9 Å². The van der Waals surface area contributed by atoms with Crippen LogP contribution in [-0.2, 0) is 0 Å². The zero-order chi connectivity index (χ0) is 20.8. The number of ether oxygens (including phenoxy) is 1. The number of hydrogen-bond acceptors (Lipinski definition) is 7. The molecule has 30 heavy (non-hydrogen) atoms. The van der Waals surface area contributed by atoms with Crippen LogP contribution in [0.5, 0.6) is 10.9 Å². The Morgan fingerprint density at radius 2 is 2.10 bits per heavy atom. The molecule has 0 radical (unpaired) electrons. The molecule has 1 N–H and O–H groups in total. The average Bonchev–Trinajstić information content (AvgIpc) is 3.36. The molecule has 158 valence electrons. The molecule has 9 heteroatoms. The van der Waals surface area contributed by atoms with Gasteiger partial charge in [-0.15, -0.1) is 5.10 Å². The second-order valence-corrected chi connectivity index (χ2v) is 9.07. The number of hydrogen-bond donors (Lipinski definition) is 1. The van der Waals surface area contributed by atoms with Gasteiger partial charge in [0.25, 0.3) is 5.19 Å². The smallest absolute Gasteiger partial charge is 0.294 e. The number of halogens is 1. The van der Waals surface area contributed by atoms with Crippen molar-refractivity contribution in [3.8, 4) is 27.2 Å². The Morgan fingerprint density at radius 1 is 1.23 bits per heavy atom. The minimum absolute atomic E-state index is 0.0838. The molecule has 0 aliphatic carbocycles. The Hall–Kier alpha value is -2.52. The number of fused-ring (bicyclic) bond motifs is 2. The maximum absolute atomic E-state index is 15.0. The van der Waals surface area contributed by atoms with Gasteiger partial charge in [0, 0.05) is 30.8 Å². The number of piperidine rings is 2. The second kappa shape index (κ2) is 7.63. The van der Waals surface area contributed by atoms with Gasteiger partial charge in [-0.1, -0.05) is 22.9 Å². The van der Waals surface area contributed by atoms with Crippen molar-refractivity contribution in [2.75, 3.05) is 7.05 Å². The van der Waals surface area contributed by atoms with Crippen LogP contribution in [0.25, 0.3) is 16.3 Å². The Morgan fingerprint density at radius 3 is 2.87 bits per heavy atom. The molecule has 2 aromatic heterocycles. The fourth-order valence-electron chi connectivity index (χ4n) is 4.57. The zero-order valence-electron chi connectivity index (χ0n) is 16.9. The average molecular weight is 430 g/mol. The van der Waals surface area contributed by atoms with E-state index in [4.69, 9.17) is 4.74 Å². The minimum atomic E-state index is -1.04. The quantitative estimate of drug-likeness (QED) is 0.681. The Bertz CT molecular complexity index is 1050. The third-order valence-corrected chi connectivity index (χ3v) is 7.07. The molecule has 0 amide bonds. The fraction of sp³-hybridized carbons (Fsp3) is 0.476. The first kappa shape index (κ1) is 19.4. The van der Waals surface area contributed by atoms with Crippen molar-refractivity contribution in [3.63, 3.8) is 0 Å². The van der Waals surface area contributed by atoms with Gasteiger partial charge in [-0.2, -0.15) is 5.10 Å². The Kier molecular flexibility index (Phi) is 4.94. The maximum atomic E-state index is 15.0. The SMILES string of the molecule is Cc1ccn(-c2ccc(-c3nnc(OC4CC5CCCC(C4F)N5C)s3)c(O)c2)n1. The second-order valence-electron chi connectivity index (χ2n) is 8.13. The molecule has 1 aromatic carbocycles. The Balaban J connectivity index is 1.33. The van der Waals surface area contributed by atoms with Crippen molar-refractivity contribution < 1.29 is 14.2 Å². The van der Waals surface area contributed by atoms with Crippen molar-refractivity contribution in [2.24, 2.45) is 0 Å². The Labute approximate surface area is 178 Å². The molecular weight excluding hydrogens is 405 g/mol. The molecule has 0 spiro atoms. The maximum Gasteiger partial charge on any atom is 0.294 e. The molecule has 7 nitrogen and oxygen atoms in total. The van der Waals surface area contributed by atoms with Crippen LogP contribution in [0.1, 0.15) is 31.4 Å². The zero-order valence-corrected chi connectivity index (χ0v) is 17.7. The molecule has 2 aliphatic rings. The van der Waals surface area contributed by atoms with E-state index in [1.807, 2.05) is 32.3 Å². The van der Waals surface area contributed by atoms with Crippen LogP contribution in [0.3, 0.4) is 0 Å². The summed E-state index contributed by atoms with van der Waals surface area (Å²) < 4.78 is 22.6. The summed E-state index contributed by atoms with van der Waals surface area (Å²) in [6.07, 6.45) is 3.98. The summed E-state index contributed by atoms with van der Waals surface area (Å²) in [4.78, 5) is 2.17. The number of nitrogens with zero attached hydrogens (tertiary/aromatic N) is 5. The number of benzene rings is 1. The minimum Gasteiger partial charge on any atom is -0.507 e. The number of phenolic OH excluding ortho intramolecular Hbond substituents is 1. The van der Waals surface area contributed by atoms with E-state index in [0.717, 1.165) is 30.6 Å². The van der Waals surface area contributed by atoms with Gasteiger partial charge in [0.2, 0.25) is 0 Å². The molecule has 2 fully saturated rings. The summed E-state index contributed by atoms with van der Waals surface area (Å²) in [5.74, 6) is 0.0838. The third kappa shape index (κ3) is 3.45. The first-order chi connectivity index (χ1) is 14.5. The predicted octanol–water partition coefficient (Wildman–Crippen LogP) is 3.75. The lowest BCUT2D eigenvalue weighted by atomic mass is 9.82. The highest BCUT2D eigenvalue weighted by molar-refractivity contribution is 7.16. The number of alkyl halides is 1. The summed E-state index contributed by atoms with van der Waals surface area (Å²) in [5.41, 5.74) is 2.21. The number of aromatic hydroxyl groups is 1. The van der Waals surface area contributed by atoms with Crippen LogP contribution in [0.4, 0.5) is 4.39 Å². The van der Waals surface area contributed by atoms with E-state index in [0.29, 0.717) is 28.2 Å². The van der Waals surface area contributed by atoms with Crippen LogP contribution < -0.4 is 4.74 Å². The molecule has 4 unspecified atom stereocenters. The summed E-state index contributed by atoms with van der Waals surface area (Å²) >= 11 is 1.22. The molecule has 4 heterocycles. The number of phenols is 1. The van der Waals surface area contributed by atoms with Crippen molar-refractivity contribution in [1.29, 1.82) is 0 Å². The highest BCUT2D eigenvalue weighted by Crippen LogP contribution is 2.39. The van der Waals surface area contributed by atoms with E-state index >= 15 is 0 Å². The summed E-state index contributed by atoms with van der Waals surface area (Å²) in [5, 5.41) is 24.0. The molecule has 4 atom stereocenters. The molecule has 0 saturated carbocycles. The van der Waals surface area contributed by atoms with Gasteiger partial charge in [-0.25, -0.2) is 9.07 Å². The van der Waals surface area contributed by atoms with E-state index < -0.39 is 12.3 Å². The van der Waals surface area contributed by atoms with Crippen molar-refractivity contribution in [2.45, 2.75) is 57.0 Å². The van der Waals surface area contributed by atoms with Gasteiger partial charge < -0.3 is 9.84 Å². The first-order valence-corrected chi connectivity index (χ1v) is 11.0. The molecule has 5 rings (SSSR count). The van der Waals surface area contributed by atoms with Gasteiger partial charge in [0.15, 0.2) is 11.2 Å². The van der Waals surface area contributed by atoms with Crippen LogP contribution in [-0.4, -0.2) is 61.4 Å². The van der Waals surface area contributed by atoms with Crippen LogP contribution in [0, 0.1) is 6.92 Å². The molecule has 2 saturated heterocycles. The monoisotopic (exact) mass is 429 g/mol. The van der Waals surface area contributed by atoms with Gasteiger partial charge in [0.05, 0.1) is 16.9 Å². The lowest BCUT2D eigenvalue weighted by molar-refractivity contribution is -0.0627. The number of rotatable bonds is 4. The standard InChI is InChI=1S/C21H24FN5O2S/c1-12-8-9-27(25-12)14-6-7-15(17(28)10-14)20-23-24-21(30-20)29-18-11-13-4-3-5-16(19(18)22)26(13)2/h6-10,13,16,18-19,28H,3-5,11H2,1-2H3. The van der Waals surface area contributed by atoms with E-state index in [9.17, 15) is 9.50 Å². The van der Waals surface area contributed by atoms with Crippen LogP contribution in [0.15, 0.2) is 30.5 Å². The predicted molar refractivity (Wildman–Crippen MR) is 112 cm³/mol. The highest BCUT2D eigenvalue weighted by atomic mass is 32.1. The topological polar surface area (TPSA) is 76.3 Å². The van der Waals surface area contributed by atoms with Crippen molar-refractivity contribution >= 4 is 11.3 Å². The first-order valence-electron chi connectivity index (χ1n) is 10.2. The molecular formula is C21H24FN5O2S. The summed E-state index contributed by atoms with van der Waals surface area (Å²) in [6, 6.07) is 7.45. The molecule has 2 aliphatic heterocycles. The number of aromatic nitrogens is 4. The normalized spacial score (nSPS) is 26.6. The number of aryl methyl sites for hydroxylation is 1. The lowest BCUT2D eigenvalue weighted by Gasteiger charge is -2.48. The van der Waals surface area contributed by atoms with E-state index in [2.05, 4.69) is 20.2 Å². The van der Waals surface area contributed by atoms with Gasteiger partial charge in [0.1, 0.15) is 11.9 Å². The largest absolute Gasteiger partial charge is 0.507 e. The van der Waals surface area contributed by atoms with Crippen LogP contribution >= 0.6 is 11.3 Å². The van der Waals surface area contributed by atoms with Crippen molar-refractivity contribution in [3.05, 3.63) is 36.2 Å². The summed E-state index contributed by atoms with van der Waals surface area (Å²) in [6.45, 7) is 1.91.